The van der Waals surface area contributed by atoms with Crippen LogP contribution >= 0.6 is 23.9 Å². The monoisotopic (exact) mass is 346 g/mol. The smallest absolute Gasteiger partial charge is 0.0412 e. The average Bonchev–Trinajstić information content (AvgIpc) is 2.28. The van der Waals surface area contributed by atoms with Gasteiger partial charge in [0.25, 0.3) is 0 Å². The molecule has 1 heterocycles. The van der Waals surface area contributed by atoms with Crippen molar-refractivity contribution >= 4 is 23.9 Å². The second-order valence-corrected chi connectivity index (χ2v) is 13.2. The van der Waals surface area contributed by atoms with E-state index in [2.05, 4.69) is 64.4 Å². The molecule has 0 bridgehead atoms. The molecule has 1 unspecified atom stereocenters. The van der Waals surface area contributed by atoms with Crippen LogP contribution in [0.25, 0.3) is 0 Å². The fraction of sp³-hybridized carbons (Fsp3) is 1.00. The Morgan fingerprint density at radius 1 is 1.11 bits per heavy atom. The van der Waals surface area contributed by atoms with Crippen molar-refractivity contribution in [3.05, 3.63) is 0 Å². The summed E-state index contributed by atoms with van der Waals surface area (Å²) in [7, 11) is 0.110. The van der Waals surface area contributed by atoms with Crippen molar-refractivity contribution in [2.75, 3.05) is 0 Å². The van der Waals surface area contributed by atoms with E-state index in [9.17, 15) is 0 Å². The second kappa shape index (κ2) is 5.28. The summed E-state index contributed by atoms with van der Waals surface area (Å²) in [6, 6.07) is 0. The highest BCUT2D eigenvalue weighted by Crippen LogP contribution is 2.81. The summed E-state index contributed by atoms with van der Waals surface area (Å²) in [4.78, 5) is 0. The van der Waals surface area contributed by atoms with Gasteiger partial charge >= 0.3 is 0 Å². The van der Waals surface area contributed by atoms with Crippen LogP contribution in [0.4, 0.5) is 0 Å². The molecule has 0 N–H and O–H groups in total. The summed E-state index contributed by atoms with van der Waals surface area (Å²) in [5.41, 5.74) is 1.45. The Hall–Kier alpha value is 0.910. The molecule has 2 aliphatic rings. The van der Waals surface area contributed by atoms with Gasteiger partial charge < -0.3 is 0 Å². The minimum absolute atomic E-state index is 0.110. The minimum Gasteiger partial charge on any atom is -0.0833 e. The van der Waals surface area contributed by atoms with Crippen LogP contribution in [0.2, 0.25) is 0 Å². The Morgan fingerprint density at radius 3 is 2.16 bits per heavy atom. The van der Waals surface area contributed by atoms with E-state index in [1.54, 1.807) is 0 Å². The highest BCUT2D eigenvalue weighted by atomic mass is 79.9. The highest BCUT2D eigenvalue weighted by molar-refractivity contribution is 9.10. The Balaban J connectivity index is 2.23. The normalized spacial score (nSPS) is 45.0. The fourth-order valence-corrected chi connectivity index (χ4v) is 12.3. The first-order valence-electron chi connectivity index (χ1n) is 8.03. The zero-order valence-electron chi connectivity index (χ0n) is 13.8. The van der Waals surface area contributed by atoms with Gasteiger partial charge in [0, 0.05) is 4.57 Å². The number of hydrogen-bond acceptors (Lipinski definition) is 0. The molecule has 2 fully saturated rings. The molecule has 0 amide bonds. The van der Waals surface area contributed by atoms with Gasteiger partial charge in [-0.25, -0.2) is 0 Å². The predicted octanol–water partition coefficient (Wildman–Crippen LogP) is 6.47. The molecular weight excluding hydrogens is 315 g/mol. The topological polar surface area (TPSA) is 0 Å². The van der Waals surface area contributed by atoms with Crippen molar-refractivity contribution in [3.8, 4) is 0 Å². The van der Waals surface area contributed by atoms with E-state index in [0.29, 0.717) is 10.6 Å². The standard InChI is InChI=1S/C17H32BrP/c1-11(2)13-9-8-12(3)10-14(13)19-15(18)16(4,5)17(19,6)7/h11-15H,8-10H2,1-7H3/t12-,13+,14-,15-,19?/m1/s1. The number of alkyl halides is 1. The zero-order valence-corrected chi connectivity index (χ0v) is 16.3. The average molecular weight is 347 g/mol. The number of rotatable bonds is 2. The lowest BCUT2D eigenvalue weighted by molar-refractivity contribution is 0.212. The zero-order chi connectivity index (χ0) is 14.6. The van der Waals surface area contributed by atoms with Gasteiger partial charge in [-0.2, -0.15) is 0 Å². The van der Waals surface area contributed by atoms with E-state index in [0.717, 1.165) is 28.0 Å². The van der Waals surface area contributed by atoms with Gasteiger partial charge in [0.1, 0.15) is 0 Å². The van der Waals surface area contributed by atoms with Crippen molar-refractivity contribution in [1.29, 1.82) is 0 Å². The molecule has 0 aromatic heterocycles. The molecule has 19 heavy (non-hydrogen) atoms. The van der Waals surface area contributed by atoms with Crippen LogP contribution in [0.15, 0.2) is 0 Å². The Labute approximate surface area is 130 Å². The van der Waals surface area contributed by atoms with E-state index < -0.39 is 0 Å². The highest BCUT2D eigenvalue weighted by Gasteiger charge is 2.63. The van der Waals surface area contributed by atoms with Crippen LogP contribution in [-0.2, 0) is 0 Å². The van der Waals surface area contributed by atoms with Crippen LogP contribution in [0.1, 0.15) is 67.7 Å². The van der Waals surface area contributed by atoms with Gasteiger partial charge in [-0.1, -0.05) is 78.7 Å². The molecule has 0 aromatic rings. The summed E-state index contributed by atoms with van der Waals surface area (Å²) < 4.78 is 0.765. The molecule has 0 nitrogen and oxygen atoms in total. The van der Waals surface area contributed by atoms with E-state index in [-0.39, 0.29) is 7.92 Å². The molecule has 2 rings (SSSR count). The largest absolute Gasteiger partial charge is 0.0833 e. The second-order valence-electron chi connectivity index (χ2n) is 8.42. The maximum atomic E-state index is 4.08. The van der Waals surface area contributed by atoms with Gasteiger partial charge in [0.15, 0.2) is 0 Å². The lowest BCUT2D eigenvalue weighted by Crippen LogP contribution is -2.58. The Kier molecular flexibility index (Phi) is 4.52. The van der Waals surface area contributed by atoms with E-state index in [1.165, 1.54) is 19.3 Å². The molecular formula is C17H32BrP. The number of halogens is 1. The van der Waals surface area contributed by atoms with Crippen LogP contribution in [0.3, 0.4) is 0 Å². The van der Waals surface area contributed by atoms with E-state index in [4.69, 9.17) is 0 Å². The first-order valence-corrected chi connectivity index (χ1v) is 10.4. The number of hydrogen-bond donors (Lipinski definition) is 0. The van der Waals surface area contributed by atoms with Crippen LogP contribution in [0.5, 0.6) is 0 Å². The third-order valence-electron chi connectivity index (χ3n) is 6.41. The summed E-state index contributed by atoms with van der Waals surface area (Å²) in [5.74, 6) is 2.78. The lowest BCUT2D eigenvalue weighted by Gasteiger charge is -2.67. The Bertz CT molecular complexity index is 334. The third-order valence-corrected chi connectivity index (χ3v) is 13.2. The van der Waals surface area contributed by atoms with Crippen molar-refractivity contribution in [1.82, 2.24) is 0 Å². The molecule has 0 spiro atoms. The SMILES string of the molecule is CC(C)[C@@H]1CC[C@@H](C)C[C@H]1P1[C@@H](Br)C(C)(C)C1(C)C. The van der Waals surface area contributed by atoms with Gasteiger partial charge in [-0.3, -0.25) is 0 Å². The van der Waals surface area contributed by atoms with Gasteiger partial charge in [-0.05, 0) is 46.8 Å². The van der Waals surface area contributed by atoms with Crippen LogP contribution < -0.4 is 0 Å². The Morgan fingerprint density at radius 2 is 1.68 bits per heavy atom. The summed E-state index contributed by atoms with van der Waals surface area (Å²) in [5, 5.41) is 0.533. The molecule has 5 atom stereocenters. The third kappa shape index (κ3) is 2.46. The molecule has 0 aromatic carbocycles. The van der Waals surface area contributed by atoms with Crippen molar-refractivity contribution in [2.45, 2.75) is 83.1 Å². The summed E-state index contributed by atoms with van der Waals surface area (Å²) >= 11 is 4.08. The van der Waals surface area contributed by atoms with Gasteiger partial charge in [0.05, 0.1) is 0 Å². The molecule has 2 heteroatoms. The first-order chi connectivity index (χ1) is 8.60. The minimum atomic E-state index is 0.110. The molecule has 112 valence electrons. The maximum Gasteiger partial charge on any atom is 0.0412 e. The maximum absolute atomic E-state index is 4.08. The quantitative estimate of drug-likeness (QED) is 0.397. The summed E-state index contributed by atoms with van der Waals surface area (Å²) in [6.45, 7) is 17.4. The van der Waals surface area contributed by atoms with Crippen molar-refractivity contribution in [3.63, 3.8) is 0 Å². The van der Waals surface area contributed by atoms with E-state index >= 15 is 0 Å². The lowest BCUT2D eigenvalue weighted by atomic mass is 9.77. The van der Waals surface area contributed by atoms with Gasteiger partial charge in [0.2, 0.25) is 0 Å². The molecule has 1 aliphatic heterocycles. The molecule has 1 saturated carbocycles. The predicted molar refractivity (Wildman–Crippen MR) is 92.6 cm³/mol. The van der Waals surface area contributed by atoms with Crippen molar-refractivity contribution in [2.24, 2.45) is 23.2 Å². The molecule has 1 saturated heterocycles. The fourth-order valence-electron chi connectivity index (χ4n) is 4.24. The van der Waals surface area contributed by atoms with Crippen LogP contribution in [0, 0.1) is 23.2 Å². The van der Waals surface area contributed by atoms with E-state index in [1.807, 2.05) is 0 Å². The van der Waals surface area contributed by atoms with Crippen molar-refractivity contribution < 1.29 is 0 Å². The van der Waals surface area contributed by atoms with Gasteiger partial charge in [-0.15, -0.1) is 0 Å². The summed E-state index contributed by atoms with van der Waals surface area (Å²) in [6.07, 6.45) is 4.41. The molecule has 1 aliphatic carbocycles. The van der Waals surface area contributed by atoms with Crippen LogP contribution in [-0.4, -0.2) is 15.4 Å². The first kappa shape index (κ1) is 16.3. The molecule has 0 radical (unpaired) electrons.